The smallest absolute Gasteiger partial charge is 0.408 e. The van der Waals surface area contributed by atoms with Gasteiger partial charge >= 0.3 is 12.1 Å². The fourth-order valence-corrected chi connectivity index (χ4v) is 3.91. The number of fused-ring (bicyclic) bond motifs is 1. The Kier molecular flexibility index (Phi) is 10.9. The molecule has 1 aromatic rings. The molecule has 4 N–H and O–H groups in total. The Balaban J connectivity index is 1.92. The molecule has 0 spiro atoms. The largest absolute Gasteiger partial charge is 0.480 e. The fourth-order valence-electron chi connectivity index (χ4n) is 3.91. The van der Waals surface area contributed by atoms with Gasteiger partial charge < -0.3 is 30.5 Å². The highest BCUT2D eigenvalue weighted by Gasteiger charge is 2.30. The number of halogens is 1. The van der Waals surface area contributed by atoms with Crippen molar-refractivity contribution in [1.29, 1.82) is 0 Å². The molecule has 0 aromatic carbocycles. The highest BCUT2D eigenvalue weighted by atomic mass is 19.1. The summed E-state index contributed by atoms with van der Waals surface area (Å²) in [5.41, 5.74) is -0.0259. The van der Waals surface area contributed by atoms with Crippen LogP contribution in [0.4, 0.5) is 15.0 Å². The highest BCUT2D eigenvalue weighted by Crippen LogP contribution is 2.20. The van der Waals surface area contributed by atoms with E-state index in [9.17, 15) is 24.2 Å². The standard InChI is InChI=1S/C26H43FN4O5/c1-25(2,3)36-24(34)30-20(23(32)33)13-16-31(17-21(27)26(4,5)35)15-7-6-10-19-12-11-18-9-8-14-28-22(18)29-19/h11-12,20-21,35H,6-10,13-17H2,1-5H3,(H,28,29)(H,30,34)(H,32,33)/t20-,21+/m0/s1. The predicted octanol–water partition coefficient (Wildman–Crippen LogP) is 3.54. The third-order valence-electron chi connectivity index (χ3n) is 6.02. The van der Waals surface area contributed by atoms with E-state index in [1.54, 1.807) is 25.7 Å². The average Bonchev–Trinajstić information content (AvgIpc) is 2.76. The van der Waals surface area contributed by atoms with Gasteiger partial charge in [0, 0.05) is 25.3 Å². The van der Waals surface area contributed by atoms with Crippen molar-refractivity contribution in [3.63, 3.8) is 0 Å². The monoisotopic (exact) mass is 510 g/mol. The summed E-state index contributed by atoms with van der Waals surface area (Å²) < 4.78 is 19.8. The van der Waals surface area contributed by atoms with Crippen LogP contribution in [0.2, 0.25) is 0 Å². The number of amides is 1. The van der Waals surface area contributed by atoms with E-state index in [2.05, 4.69) is 22.8 Å². The van der Waals surface area contributed by atoms with Gasteiger partial charge in [-0.3, -0.25) is 0 Å². The molecule has 0 unspecified atom stereocenters. The lowest BCUT2D eigenvalue weighted by atomic mass is 10.0. The van der Waals surface area contributed by atoms with Crippen LogP contribution in [0.15, 0.2) is 12.1 Å². The Bertz CT molecular complexity index is 869. The topological polar surface area (TPSA) is 124 Å². The van der Waals surface area contributed by atoms with Gasteiger partial charge in [-0.25, -0.2) is 19.0 Å². The number of hydrogen-bond donors (Lipinski definition) is 4. The average molecular weight is 511 g/mol. The van der Waals surface area contributed by atoms with Gasteiger partial charge in [-0.05, 0) is 91.3 Å². The maximum absolute atomic E-state index is 14.7. The number of alkyl carbamates (subject to hydrolysis) is 1. The molecular formula is C26H43FN4O5. The van der Waals surface area contributed by atoms with E-state index in [4.69, 9.17) is 9.72 Å². The Labute approximate surface area is 213 Å². The van der Waals surface area contributed by atoms with Crippen LogP contribution >= 0.6 is 0 Å². The van der Waals surface area contributed by atoms with Crippen LogP contribution < -0.4 is 10.6 Å². The summed E-state index contributed by atoms with van der Waals surface area (Å²) in [6, 6.07) is 3.00. The molecule has 2 rings (SSSR count). The minimum atomic E-state index is -1.51. The zero-order chi connectivity index (χ0) is 26.9. The first kappa shape index (κ1) is 29.8. The lowest BCUT2D eigenvalue weighted by Gasteiger charge is -2.30. The van der Waals surface area contributed by atoms with Gasteiger partial charge in [-0.15, -0.1) is 0 Å². The summed E-state index contributed by atoms with van der Waals surface area (Å²) in [6.07, 6.45) is 2.27. The fraction of sp³-hybridized carbons (Fsp3) is 0.731. The molecule has 0 aliphatic carbocycles. The molecule has 0 bridgehead atoms. The number of carbonyl (C=O) groups is 2. The van der Waals surface area contributed by atoms with Crippen molar-refractivity contribution in [2.75, 3.05) is 31.5 Å². The van der Waals surface area contributed by atoms with Crippen LogP contribution in [-0.2, 0) is 22.4 Å². The molecule has 204 valence electrons. The number of nitrogens with one attached hydrogen (secondary N) is 2. The maximum Gasteiger partial charge on any atom is 0.408 e. The first-order valence-corrected chi connectivity index (χ1v) is 12.8. The van der Waals surface area contributed by atoms with Gasteiger partial charge in [0.25, 0.3) is 0 Å². The van der Waals surface area contributed by atoms with E-state index in [0.29, 0.717) is 6.54 Å². The lowest BCUT2D eigenvalue weighted by Crippen LogP contribution is -2.47. The molecule has 1 aromatic heterocycles. The van der Waals surface area contributed by atoms with Crippen LogP contribution in [-0.4, -0.2) is 81.8 Å². The highest BCUT2D eigenvalue weighted by molar-refractivity contribution is 5.80. The molecule has 0 radical (unpaired) electrons. The second-order valence-corrected chi connectivity index (χ2v) is 11.0. The van der Waals surface area contributed by atoms with Gasteiger partial charge in [0.1, 0.15) is 23.6 Å². The first-order chi connectivity index (χ1) is 16.7. The number of carboxylic acid groups (broad SMARTS) is 1. The molecule has 2 heterocycles. The van der Waals surface area contributed by atoms with Gasteiger partial charge in [0.05, 0.1) is 5.60 Å². The number of aromatic nitrogens is 1. The molecule has 1 aliphatic heterocycles. The van der Waals surface area contributed by atoms with Crippen molar-refractivity contribution >= 4 is 17.9 Å². The normalized spacial score (nSPS) is 15.6. The number of anilines is 1. The minimum Gasteiger partial charge on any atom is -0.480 e. The Morgan fingerprint density at radius 3 is 2.58 bits per heavy atom. The summed E-state index contributed by atoms with van der Waals surface area (Å²) >= 11 is 0. The second kappa shape index (κ2) is 13.2. The number of unbranched alkanes of at least 4 members (excludes halogenated alkanes) is 1. The zero-order valence-corrected chi connectivity index (χ0v) is 22.3. The van der Waals surface area contributed by atoms with Crippen LogP contribution in [0.5, 0.6) is 0 Å². The second-order valence-electron chi connectivity index (χ2n) is 11.0. The third kappa shape index (κ3) is 10.7. The van der Waals surface area contributed by atoms with E-state index >= 15 is 0 Å². The lowest BCUT2D eigenvalue weighted by molar-refractivity contribution is -0.139. The zero-order valence-electron chi connectivity index (χ0n) is 22.3. The summed E-state index contributed by atoms with van der Waals surface area (Å²) in [5, 5.41) is 25.3. The maximum atomic E-state index is 14.7. The number of aliphatic carboxylic acids is 1. The number of alkyl halides is 1. The number of rotatable bonds is 13. The van der Waals surface area contributed by atoms with Crippen LogP contribution in [0.3, 0.4) is 0 Å². The van der Waals surface area contributed by atoms with Gasteiger partial charge in [-0.2, -0.15) is 0 Å². The molecule has 2 atom stereocenters. The van der Waals surface area contributed by atoms with Crippen molar-refractivity contribution in [3.8, 4) is 0 Å². The van der Waals surface area contributed by atoms with Crippen molar-refractivity contribution in [1.82, 2.24) is 15.2 Å². The van der Waals surface area contributed by atoms with E-state index < -0.39 is 35.5 Å². The molecule has 0 saturated heterocycles. The van der Waals surface area contributed by atoms with Gasteiger partial charge in [0.15, 0.2) is 0 Å². The Morgan fingerprint density at radius 1 is 1.22 bits per heavy atom. The summed E-state index contributed by atoms with van der Waals surface area (Å²) in [7, 11) is 0. The van der Waals surface area contributed by atoms with Crippen molar-refractivity contribution < 1.29 is 28.9 Å². The van der Waals surface area contributed by atoms with E-state index in [-0.39, 0.29) is 19.5 Å². The van der Waals surface area contributed by atoms with Crippen LogP contribution in [0.1, 0.15) is 71.6 Å². The summed E-state index contributed by atoms with van der Waals surface area (Å²) in [6.45, 7) is 9.57. The van der Waals surface area contributed by atoms with Crippen LogP contribution in [0, 0.1) is 0 Å². The number of ether oxygens (including phenoxy) is 1. The quantitative estimate of drug-likeness (QED) is 0.297. The number of hydrogen-bond acceptors (Lipinski definition) is 7. The molecular weight excluding hydrogens is 467 g/mol. The van der Waals surface area contributed by atoms with Gasteiger partial charge in [-0.1, -0.05) is 6.07 Å². The van der Waals surface area contributed by atoms with Crippen molar-refractivity contribution in [3.05, 3.63) is 23.4 Å². The number of nitrogens with zero attached hydrogens (tertiary/aromatic N) is 2. The number of pyridine rings is 1. The number of carboxylic acids is 1. The predicted molar refractivity (Wildman–Crippen MR) is 137 cm³/mol. The van der Waals surface area contributed by atoms with E-state index in [1.807, 2.05) is 0 Å². The van der Waals surface area contributed by atoms with Crippen molar-refractivity contribution in [2.24, 2.45) is 0 Å². The third-order valence-corrected chi connectivity index (χ3v) is 6.02. The molecule has 1 amide bonds. The van der Waals surface area contributed by atoms with E-state index in [1.165, 1.54) is 19.4 Å². The Hall–Kier alpha value is -2.46. The molecule has 0 fully saturated rings. The van der Waals surface area contributed by atoms with Crippen molar-refractivity contribution in [2.45, 2.75) is 96.6 Å². The van der Waals surface area contributed by atoms with Gasteiger partial charge in [0.2, 0.25) is 0 Å². The Morgan fingerprint density at radius 2 is 1.94 bits per heavy atom. The molecule has 1 aliphatic rings. The number of carbonyl (C=O) groups excluding carboxylic acids is 1. The van der Waals surface area contributed by atoms with Crippen LogP contribution in [0.25, 0.3) is 0 Å². The SMILES string of the molecule is CC(C)(C)OC(=O)N[C@@H](CCN(CCCCc1ccc2c(n1)NCCC2)C[C@@H](F)C(C)(C)O)C(=O)O. The molecule has 9 nitrogen and oxygen atoms in total. The summed E-state index contributed by atoms with van der Waals surface area (Å²) in [4.78, 5) is 30.3. The molecule has 0 saturated carbocycles. The first-order valence-electron chi connectivity index (χ1n) is 12.8. The number of aliphatic hydroxyl groups is 1. The molecule has 10 heteroatoms. The molecule has 36 heavy (non-hydrogen) atoms. The summed E-state index contributed by atoms with van der Waals surface area (Å²) in [5.74, 6) is -0.227. The van der Waals surface area contributed by atoms with E-state index in [0.717, 1.165) is 50.2 Å². The number of aryl methyl sites for hydroxylation is 2. The minimum absolute atomic E-state index is 0.0384.